The molecule has 1 unspecified atom stereocenters. The van der Waals surface area contributed by atoms with Gasteiger partial charge in [0.05, 0.1) is 7.11 Å². The van der Waals surface area contributed by atoms with Crippen molar-refractivity contribution >= 4 is 0 Å². The van der Waals surface area contributed by atoms with Crippen molar-refractivity contribution in [3.8, 4) is 5.75 Å². The molecule has 0 spiro atoms. The van der Waals surface area contributed by atoms with Crippen LogP contribution >= 0.6 is 0 Å². The maximum absolute atomic E-state index is 12.9. The zero-order chi connectivity index (χ0) is 14.4. The SMILES string of the molecule is COc1cccc(CC(CN)Cc2ccc(F)cc2)c1. The van der Waals surface area contributed by atoms with Gasteiger partial charge in [-0.15, -0.1) is 0 Å². The summed E-state index contributed by atoms with van der Waals surface area (Å²) < 4.78 is 18.1. The maximum atomic E-state index is 12.9. The molecule has 0 saturated carbocycles. The Labute approximate surface area is 119 Å². The zero-order valence-corrected chi connectivity index (χ0v) is 11.7. The molecule has 0 aromatic heterocycles. The number of rotatable bonds is 6. The Morgan fingerprint density at radius 2 is 1.75 bits per heavy atom. The van der Waals surface area contributed by atoms with Crippen LogP contribution in [0.2, 0.25) is 0 Å². The van der Waals surface area contributed by atoms with Gasteiger partial charge in [0, 0.05) is 0 Å². The third kappa shape index (κ3) is 4.07. The molecule has 2 rings (SSSR count). The van der Waals surface area contributed by atoms with Crippen LogP contribution in [-0.4, -0.2) is 13.7 Å². The van der Waals surface area contributed by atoms with Gasteiger partial charge in [-0.25, -0.2) is 4.39 Å². The van der Waals surface area contributed by atoms with Crippen LogP contribution < -0.4 is 10.5 Å². The van der Waals surface area contributed by atoms with Crippen LogP contribution in [0.15, 0.2) is 48.5 Å². The largest absolute Gasteiger partial charge is 0.497 e. The minimum Gasteiger partial charge on any atom is -0.497 e. The van der Waals surface area contributed by atoms with Crippen molar-refractivity contribution in [1.29, 1.82) is 0 Å². The number of methoxy groups -OCH3 is 1. The van der Waals surface area contributed by atoms with Crippen LogP contribution in [-0.2, 0) is 12.8 Å². The number of hydrogen-bond donors (Lipinski definition) is 1. The molecule has 0 bridgehead atoms. The van der Waals surface area contributed by atoms with Crippen molar-refractivity contribution in [2.45, 2.75) is 12.8 Å². The molecule has 0 aliphatic carbocycles. The van der Waals surface area contributed by atoms with Crippen molar-refractivity contribution in [2.75, 3.05) is 13.7 Å². The number of ether oxygens (including phenoxy) is 1. The van der Waals surface area contributed by atoms with Crippen molar-refractivity contribution in [3.05, 3.63) is 65.5 Å². The van der Waals surface area contributed by atoms with E-state index < -0.39 is 0 Å². The Bertz CT molecular complexity index is 539. The van der Waals surface area contributed by atoms with E-state index in [1.807, 2.05) is 30.3 Å². The fraction of sp³-hybridized carbons (Fsp3) is 0.294. The van der Waals surface area contributed by atoms with Crippen LogP contribution in [0.4, 0.5) is 4.39 Å². The second-order valence-corrected chi connectivity index (χ2v) is 4.99. The summed E-state index contributed by atoms with van der Waals surface area (Å²) in [4.78, 5) is 0. The molecule has 3 heteroatoms. The standard InChI is InChI=1S/C17H20FNO/c1-20-17-4-2-3-14(11-17)10-15(12-19)9-13-5-7-16(18)8-6-13/h2-8,11,15H,9-10,12,19H2,1H3. The summed E-state index contributed by atoms with van der Waals surface area (Å²) in [6, 6.07) is 14.7. The smallest absolute Gasteiger partial charge is 0.123 e. The fourth-order valence-electron chi connectivity index (χ4n) is 2.33. The average Bonchev–Trinajstić information content (AvgIpc) is 2.49. The minimum absolute atomic E-state index is 0.203. The molecule has 0 amide bonds. The first-order valence-electron chi connectivity index (χ1n) is 6.78. The predicted octanol–water partition coefficient (Wildman–Crippen LogP) is 3.19. The van der Waals surface area contributed by atoms with Gasteiger partial charge in [-0.3, -0.25) is 0 Å². The van der Waals surface area contributed by atoms with Crippen molar-refractivity contribution in [1.82, 2.24) is 0 Å². The summed E-state index contributed by atoms with van der Waals surface area (Å²) >= 11 is 0. The van der Waals surface area contributed by atoms with Gasteiger partial charge in [0.15, 0.2) is 0 Å². The zero-order valence-electron chi connectivity index (χ0n) is 11.7. The van der Waals surface area contributed by atoms with Crippen molar-refractivity contribution in [2.24, 2.45) is 11.7 Å². The van der Waals surface area contributed by atoms with E-state index in [1.165, 1.54) is 17.7 Å². The number of halogens is 1. The molecule has 2 aromatic carbocycles. The van der Waals surface area contributed by atoms with Crippen LogP contribution in [0.3, 0.4) is 0 Å². The molecular formula is C17H20FNO. The summed E-state index contributed by atoms with van der Waals surface area (Å²) in [7, 11) is 1.66. The molecule has 0 aliphatic rings. The fourth-order valence-corrected chi connectivity index (χ4v) is 2.33. The predicted molar refractivity (Wildman–Crippen MR) is 79.3 cm³/mol. The van der Waals surface area contributed by atoms with Gasteiger partial charge in [0.2, 0.25) is 0 Å². The molecule has 1 atom stereocenters. The van der Waals surface area contributed by atoms with Crippen LogP contribution in [0, 0.1) is 11.7 Å². The normalized spacial score (nSPS) is 12.2. The van der Waals surface area contributed by atoms with Gasteiger partial charge >= 0.3 is 0 Å². The van der Waals surface area contributed by atoms with Crippen LogP contribution in [0.5, 0.6) is 5.75 Å². The summed E-state index contributed by atoms with van der Waals surface area (Å²) in [6.07, 6.45) is 1.75. The Hall–Kier alpha value is -1.87. The van der Waals surface area contributed by atoms with Gasteiger partial charge < -0.3 is 10.5 Å². The topological polar surface area (TPSA) is 35.2 Å². The Kier molecular flexibility index (Phi) is 5.13. The van der Waals surface area contributed by atoms with Gasteiger partial charge in [0.1, 0.15) is 11.6 Å². The van der Waals surface area contributed by atoms with E-state index in [1.54, 1.807) is 7.11 Å². The molecule has 106 valence electrons. The van der Waals surface area contributed by atoms with Gasteiger partial charge in [-0.05, 0) is 60.7 Å². The molecule has 0 aliphatic heterocycles. The third-order valence-corrected chi connectivity index (χ3v) is 3.43. The highest BCUT2D eigenvalue weighted by Crippen LogP contribution is 2.18. The molecule has 0 saturated heterocycles. The van der Waals surface area contributed by atoms with E-state index in [0.717, 1.165) is 24.2 Å². The summed E-state index contributed by atoms with van der Waals surface area (Å²) in [5.41, 5.74) is 8.19. The second kappa shape index (κ2) is 7.06. The van der Waals surface area contributed by atoms with Gasteiger partial charge in [0.25, 0.3) is 0 Å². The minimum atomic E-state index is -0.203. The lowest BCUT2D eigenvalue weighted by Crippen LogP contribution is -2.19. The van der Waals surface area contributed by atoms with E-state index in [2.05, 4.69) is 6.07 Å². The Balaban J connectivity index is 2.02. The number of hydrogen-bond acceptors (Lipinski definition) is 2. The van der Waals surface area contributed by atoms with E-state index in [-0.39, 0.29) is 5.82 Å². The van der Waals surface area contributed by atoms with Crippen LogP contribution in [0.1, 0.15) is 11.1 Å². The van der Waals surface area contributed by atoms with Gasteiger partial charge in [-0.2, -0.15) is 0 Å². The Morgan fingerprint density at radius 1 is 1.05 bits per heavy atom. The molecule has 0 radical (unpaired) electrons. The number of benzene rings is 2. The molecular weight excluding hydrogens is 253 g/mol. The lowest BCUT2D eigenvalue weighted by atomic mass is 9.92. The van der Waals surface area contributed by atoms with Crippen molar-refractivity contribution in [3.63, 3.8) is 0 Å². The monoisotopic (exact) mass is 273 g/mol. The van der Waals surface area contributed by atoms with Crippen LogP contribution in [0.25, 0.3) is 0 Å². The first-order valence-corrected chi connectivity index (χ1v) is 6.78. The lowest BCUT2D eigenvalue weighted by molar-refractivity contribution is 0.413. The first kappa shape index (κ1) is 14.5. The van der Waals surface area contributed by atoms with Gasteiger partial charge in [-0.1, -0.05) is 24.3 Å². The third-order valence-electron chi connectivity index (χ3n) is 3.43. The molecule has 2 N–H and O–H groups in total. The highest BCUT2D eigenvalue weighted by Gasteiger charge is 2.10. The maximum Gasteiger partial charge on any atom is 0.123 e. The van der Waals surface area contributed by atoms with E-state index in [0.29, 0.717) is 12.5 Å². The highest BCUT2D eigenvalue weighted by atomic mass is 19.1. The summed E-state index contributed by atoms with van der Waals surface area (Å²) in [6.45, 7) is 0.606. The van der Waals surface area contributed by atoms with E-state index >= 15 is 0 Å². The second-order valence-electron chi connectivity index (χ2n) is 4.99. The quantitative estimate of drug-likeness (QED) is 0.877. The van der Waals surface area contributed by atoms with E-state index in [9.17, 15) is 4.39 Å². The molecule has 0 heterocycles. The molecule has 2 aromatic rings. The molecule has 20 heavy (non-hydrogen) atoms. The average molecular weight is 273 g/mol. The van der Waals surface area contributed by atoms with E-state index in [4.69, 9.17) is 10.5 Å². The first-order chi connectivity index (χ1) is 9.71. The van der Waals surface area contributed by atoms with Crippen molar-refractivity contribution < 1.29 is 9.13 Å². The summed E-state index contributed by atoms with van der Waals surface area (Å²) in [5.74, 6) is 0.999. The highest BCUT2D eigenvalue weighted by molar-refractivity contribution is 5.29. The molecule has 0 fully saturated rings. The lowest BCUT2D eigenvalue weighted by Gasteiger charge is -2.15. The summed E-state index contributed by atoms with van der Waals surface area (Å²) in [5, 5.41) is 0. The Morgan fingerprint density at radius 3 is 2.40 bits per heavy atom. The molecule has 2 nitrogen and oxygen atoms in total. The number of nitrogens with two attached hydrogens (primary N) is 1.